The molecule has 39 heavy (non-hydrogen) atoms. The lowest BCUT2D eigenvalue weighted by Crippen LogP contribution is -2.33. The molecule has 4 aromatic rings. The van der Waals surface area contributed by atoms with Gasteiger partial charge in [-0.25, -0.2) is 9.37 Å². The lowest BCUT2D eigenvalue weighted by atomic mass is 10.0. The molecular weight excluding hydrogens is 505 g/mol. The molecule has 4 rings (SSSR count). The van der Waals surface area contributed by atoms with Gasteiger partial charge in [0.05, 0.1) is 44.6 Å². The summed E-state index contributed by atoms with van der Waals surface area (Å²) < 4.78 is 30.4. The number of ether oxygens (including phenoxy) is 3. The van der Waals surface area contributed by atoms with Gasteiger partial charge in [0.1, 0.15) is 5.82 Å². The molecule has 0 unspecified atom stereocenters. The summed E-state index contributed by atoms with van der Waals surface area (Å²) in [5.41, 5.74) is 2.45. The Morgan fingerprint density at radius 2 is 1.54 bits per heavy atom. The largest absolute Gasteiger partial charge is 0.493 e. The lowest BCUT2D eigenvalue weighted by Gasteiger charge is -2.15. The van der Waals surface area contributed by atoms with Crippen molar-refractivity contribution in [3.63, 3.8) is 0 Å². The molecule has 1 heterocycles. The highest BCUT2D eigenvalue weighted by Gasteiger charge is 2.19. The topological polar surface area (TPSA) is 116 Å². The summed E-state index contributed by atoms with van der Waals surface area (Å²) in [5, 5.41) is 5.52. The summed E-state index contributed by atoms with van der Waals surface area (Å²) in [7, 11) is 4.46. The van der Waals surface area contributed by atoms with Crippen LogP contribution in [0, 0.1) is 5.82 Å². The minimum absolute atomic E-state index is 0.0907. The van der Waals surface area contributed by atoms with Crippen LogP contribution in [0.15, 0.2) is 60.7 Å². The van der Waals surface area contributed by atoms with Gasteiger partial charge in [-0.15, -0.1) is 0 Å². The number of nitrogens with zero attached hydrogens (tertiary/aromatic N) is 1. The highest BCUT2D eigenvalue weighted by atomic mass is 19.1. The summed E-state index contributed by atoms with van der Waals surface area (Å²) in [6.07, 6.45) is 0. The van der Waals surface area contributed by atoms with Gasteiger partial charge in [0.15, 0.2) is 17.3 Å². The number of hydrogen-bond acceptors (Lipinski definition) is 7. The molecule has 0 aliphatic carbocycles. The molecule has 2 amide bonds. The van der Waals surface area contributed by atoms with Crippen LogP contribution in [0.5, 0.6) is 17.2 Å². The number of carbonyl (C=O) groups is 3. The lowest BCUT2D eigenvalue weighted by molar-refractivity contribution is -0.115. The molecule has 0 atom stereocenters. The number of nitrogens with one attached hydrogen (secondary N) is 2. The fraction of sp³-hybridized carbons (Fsp3) is 0.172. The zero-order valence-corrected chi connectivity index (χ0v) is 21.8. The summed E-state index contributed by atoms with van der Waals surface area (Å²) in [6, 6.07) is 15.2. The number of hydrogen-bond donors (Lipinski definition) is 2. The third-order valence-electron chi connectivity index (χ3n) is 5.96. The standard InChI is InChI=1S/C29H26FN3O6/c1-16(34)17-5-8-20(9-6-17)32-27(35)15-31-29(36)22-14-24(33-23-10-7-19(30)13-21(22)23)18-11-25(37-2)28(39-4)26(12-18)38-3/h5-14H,15H2,1-4H3,(H,31,36)(H,32,35). The van der Waals surface area contributed by atoms with E-state index in [9.17, 15) is 18.8 Å². The van der Waals surface area contributed by atoms with E-state index >= 15 is 0 Å². The smallest absolute Gasteiger partial charge is 0.252 e. The van der Waals surface area contributed by atoms with Crippen LogP contribution in [0.3, 0.4) is 0 Å². The van der Waals surface area contributed by atoms with Crippen LogP contribution in [-0.4, -0.2) is 50.5 Å². The van der Waals surface area contributed by atoms with Gasteiger partial charge in [0.2, 0.25) is 11.7 Å². The Labute approximate surface area is 223 Å². The summed E-state index contributed by atoms with van der Waals surface area (Å²) >= 11 is 0. The summed E-state index contributed by atoms with van der Waals surface area (Å²) in [6.45, 7) is 1.11. The van der Waals surface area contributed by atoms with E-state index in [1.54, 1.807) is 36.4 Å². The number of pyridine rings is 1. The quantitative estimate of drug-likeness (QED) is 0.302. The van der Waals surface area contributed by atoms with Gasteiger partial charge >= 0.3 is 0 Å². The van der Waals surface area contributed by atoms with Crippen molar-refractivity contribution in [2.24, 2.45) is 0 Å². The summed E-state index contributed by atoms with van der Waals surface area (Å²) in [5.74, 6) is -0.514. The molecule has 0 radical (unpaired) electrons. The van der Waals surface area contributed by atoms with Crippen molar-refractivity contribution in [2.45, 2.75) is 6.92 Å². The molecule has 9 nitrogen and oxygen atoms in total. The van der Waals surface area contributed by atoms with Gasteiger partial charge < -0.3 is 24.8 Å². The molecule has 0 aliphatic heterocycles. The predicted molar refractivity (Wildman–Crippen MR) is 144 cm³/mol. The van der Waals surface area contributed by atoms with Crippen molar-refractivity contribution < 1.29 is 33.0 Å². The third kappa shape index (κ3) is 5.96. The van der Waals surface area contributed by atoms with E-state index in [1.807, 2.05) is 0 Å². The van der Waals surface area contributed by atoms with Crippen molar-refractivity contribution in [1.29, 1.82) is 0 Å². The number of methoxy groups -OCH3 is 3. The first-order chi connectivity index (χ1) is 18.7. The van der Waals surface area contributed by atoms with E-state index in [-0.39, 0.29) is 23.3 Å². The average Bonchev–Trinajstić information content (AvgIpc) is 2.94. The van der Waals surface area contributed by atoms with E-state index < -0.39 is 17.6 Å². The molecule has 10 heteroatoms. The van der Waals surface area contributed by atoms with E-state index in [2.05, 4.69) is 15.6 Å². The second-order valence-electron chi connectivity index (χ2n) is 8.49. The van der Waals surface area contributed by atoms with E-state index in [4.69, 9.17) is 14.2 Å². The Morgan fingerprint density at radius 3 is 2.13 bits per heavy atom. The first-order valence-electron chi connectivity index (χ1n) is 11.8. The number of ketones is 1. The number of benzene rings is 3. The number of Topliss-reactive ketones (excluding diaryl/α,β-unsaturated/α-hetero) is 1. The van der Waals surface area contributed by atoms with Gasteiger partial charge in [-0.2, -0.15) is 0 Å². The Balaban J connectivity index is 1.63. The molecule has 0 spiro atoms. The fourth-order valence-corrected chi connectivity index (χ4v) is 4.01. The number of fused-ring (bicyclic) bond motifs is 1. The van der Waals surface area contributed by atoms with Crippen molar-refractivity contribution in [3.8, 4) is 28.5 Å². The number of carbonyl (C=O) groups excluding carboxylic acids is 3. The fourth-order valence-electron chi connectivity index (χ4n) is 4.01. The SMILES string of the molecule is COc1cc(-c2cc(C(=O)NCC(=O)Nc3ccc(C(C)=O)cc3)c3cc(F)ccc3n2)cc(OC)c1OC. The Hall–Kier alpha value is -4.99. The molecular formula is C29H26FN3O6. The number of aromatic nitrogens is 1. The Kier molecular flexibility index (Phi) is 8.04. The van der Waals surface area contributed by atoms with Gasteiger partial charge in [-0.05, 0) is 67.6 Å². The first-order valence-corrected chi connectivity index (χ1v) is 11.8. The highest BCUT2D eigenvalue weighted by molar-refractivity contribution is 6.08. The molecule has 0 aliphatic rings. The third-order valence-corrected chi connectivity index (χ3v) is 5.96. The van der Waals surface area contributed by atoms with Crippen LogP contribution < -0.4 is 24.8 Å². The van der Waals surface area contributed by atoms with Crippen molar-refractivity contribution in [3.05, 3.63) is 77.6 Å². The molecule has 3 aromatic carbocycles. The Morgan fingerprint density at radius 1 is 0.872 bits per heavy atom. The minimum atomic E-state index is -0.594. The predicted octanol–water partition coefficient (Wildman–Crippen LogP) is 4.64. The van der Waals surface area contributed by atoms with Gasteiger partial charge in [0.25, 0.3) is 5.91 Å². The maximum Gasteiger partial charge on any atom is 0.252 e. The highest BCUT2D eigenvalue weighted by Crippen LogP contribution is 2.41. The van der Waals surface area contributed by atoms with E-state index in [0.29, 0.717) is 45.3 Å². The summed E-state index contributed by atoms with van der Waals surface area (Å²) in [4.78, 5) is 41.7. The molecule has 0 bridgehead atoms. The van der Waals surface area contributed by atoms with Gasteiger partial charge in [-0.3, -0.25) is 14.4 Å². The van der Waals surface area contributed by atoms with Crippen LogP contribution in [0.2, 0.25) is 0 Å². The van der Waals surface area contributed by atoms with Gasteiger partial charge in [-0.1, -0.05) is 0 Å². The van der Waals surface area contributed by atoms with Crippen molar-refractivity contribution in [1.82, 2.24) is 10.3 Å². The van der Waals surface area contributed by atoms with E-state index in [1.165, 1.54) is 52.5 Å². The molecule has 200 valence electrons. The molecule has 0 saturated heterocycles. The molecule has 0 fully saturated rings. The number of anilines is 1. The molecule has 2 N–H and O–H groups in total. The maximum atomic E-state index is 14.1. The van der Waals surface area contributed by atoms with Gasteiger partial charge in [0, 0.05) is 22.2 Å². The average molecular weight is 532 g/mol. The van der Waals surface area contributed by atoms with E-state index in [0.717, 1.165) is 0 Å². The zero-order valence-electron chi connectivity index (χ0n) is 21.8. The normalized spacial score (nSPS) is 10.6. The minimum Gasteiger partial charge on any atom is -0.493 e. The van der Waals surface area contributed by atoms with Crippen molar-refractivity contribution in [2.75, 3.05) is 33.2 Å². The van der Waals surface area contributed by atoms with Crippen molar-refractivity contribution >= 4 is 34.2 Å². The monoisotopic (exact) mass is 531 g/mol. The number of halogens is 1. The number of rotatable bonds is 9. The second-order valence-corrected chi connectivity index (χ2v) is 8.49. The second kappa shape index (κ2) is 11.6. The molecule has 0 saturated carbocycles. The molecule has 1 aromatic heterocycles. The zero-order chi connectivity index (χ0) is 28.1. The van der Waals surface area contributed by atoms with Crippen LogP contribution in [0.1, 0.15) is 27.6 Å². The van der Waals surface area contributed by atoms with Crippen LogP contribution >= 0.6 is 0 Å². The maximum absolute atomic E-state index is 14.1. The Bertz CT molecular complexity index is 1540. The first kappa shape index (κ1) is 27.1. The van der Waals surface area contributed by atoms with Crippen LogP contribution in [0.4, 0.5) is 10.1 Å². The number of amides is 2. The van der Waals surface area contributed by atoms with Crippen LogP contribution in [0.25, 0.3) is 22.2 Å². The van der Waals surface area contributed by atoms with Crippen LogP contribution in [-0.2, 0) is 4.79 Å².